The summed E-state index contributed by atoms with van der Waals surface area (Å²) >= 11 is 0. The van der Waals surface area contributed by atoms with Gasteiger partial charge in [-0.05, 0) is 54.1 Å². The number of nitrogens with two attached hydrogens (primary N) is 1. The summed E-state index contributed by atoms with van der Waals surface area (Å²) in [5, 5.41) is 12.9. The normalized spacial score (nSPS) is 13.6. The van der Waals surface area contributed by atoms with E-state index in [1.807, 2.05) is 0 Å². The highest BCUT2D eigenvalue weighted by molar-refractivity contribution is 7.90. The lowest BCUT2D eigenvalue weighted by Gasteiger charge is -2.21. The molecule has 0 unspecified atom stereocenters. The maximum atomic E-state index is 13.0. The molecule has 1 aliphatic rings. The molecule has 0 aliphatic carbocycles. The second kappa shape index (κ2) is 9.07. The van der Waals surface area contributed by atoms with E-state index in [0.29, 0.717) is 16.9 Å². The lowest BCUT2D eigenvalue weighted by atomic mass is 10.2. The van der Waals surface area contributed by atoms with Crippen LogP contribution in [0, 0.1) is 0 Å². The number of carbonyl (C=O) groups is 1. The highest BCUT2D eigenvalue weighted by atomic mass is 32.2. The van der Waals surface area contributed by atoms with Crippen LogP contribution in [-0.2, 0) is 14.8 Å². The molecule has 33 heavy (non-hydrogen) atoms. The van der Waals surface area contributed by atoms with E-state index >= 15 is 0 Å². The molecule has 1 aromatic heterocycles. The summed E-state index contributed by atoms with van der Waals surface area (Å²) in [7, 11) is -3.80. The van der Waals surface area contributed by atoms with Crippen molar-refractivity contribution in [2.45, 2.75) is 4.90 Å². The second-order valence-electron chi connectivity index (χ2n) is 7.07. The molecule has 0 saturated heterocycles. The van der Waals surface area contributed by atoms with E-state index in [2.05, 4.69) is 5.32 Å². The highest BCUT2D eigenvalue weighted by Gasteiger charge is 2.17. The Bertz CT molecular complexity index is 1340. The zero-order chi connectivity index (χ0) is 23.4. The highest BCUT2D eigenvalue weighted by Crippen LogP contribution is 2.22. The molecule has 0 saturated carbocycles. The largest absolute Gasteiger partial charge is 0.397 e. The molecule has 0 bridgehead atoms. The molecule has 0 radical (unpaired) electrons. The standard InChI is InChI=1S/C23H21N5O4S/c24-21-3-1-2-4-22(21)25-23(29)10-5-18-11-12-28(17-18)33(31,32)20-8-6-19(7-9-20)26-13-15-27(30)16-14-26/h1-17,30H,24H2,(H,25,29)/b10-5+. The molecule has 168 valence electrons. The molecule has 2 heterocycles. The summed E-state index contributed by atoms with van der Waals surface area (Å²) in [6.45, 7) is 0. The minimum atomic E-state index is -3.80. The molecule has 9 nitrogen and oxygen atoms in total. The third-order valence-electron chi connectivity index (χ3n) is 4.81. The average molecular weight is 464 g/mol. The minimum Gasteiger partial charge on any atom is -0.397 e. The number of nitrogen functional groups attached to an aromatic ring is 1. The van der Waals surface area contributed by atoms with Crippen molar-refractivity contribution in [1.82, 2.24) is 9.04 Å². The van der Waals surface area contributed by atoms with Crippen molar-refractivity contribution >= 4 is 39.1 Å². The van der Waals surface area contributed by atoms with Crippen LogP contribution in [-0.4, -0.2) is 28.6 Å². The van der Waals surface area contributed by atoms with Gasteiger partial charge in [-0.15, -0.1) is 0 Å². The Morgan fingerprint density at radius 1 is 0.970 bits per heavy atom. The molecule has 4 N–H and O–H groups in total. The Balaban J connectivity index is 1.45. The predicted molar refractivity (Wildman–Crippen MR) is 126 cm³/mol. The fourth-order valence-electron chi connectivity index (χ4n) is 3.06. The Morgan fingerprint density at radius 3 is 2.36 bits per heavy atom. The fraction of sp³-hybridized carbons (Fsp3) is 0. The van der Waals surface area contributed by atoms with E-state index < -0.39 is 10.0 Å². The van der Waals surface area contributed by atoms with Crippen LogP contribution in [0.15, 0.2) is 103 Å². The van der Waals surface area contributed by atoms with Gasteiger partial charge in [-0.3, -0.25) is 10.0 Å². The lowest BCUT2D eigenvalue weighted by molar-refractivity contribution is -0.111. The van der Waals surface area contributed by atoms with Crippen LogP contribution >= 0.6 is 0 Å². The van der Waals surface area contributed by atoms with Gasteiger partial charge in [0.05, 0.1) is 16.3 Å². The first-order chi connectivity index (χ1) is 15.8. The molecule has 0 atom stereocenters. The van der Waals surface area contributed by atoms with E-state index in [0.717, 1.165) is 14.7 Å². The Kier molecular flexibility index (Phi) is 6.03. The monoisotopic (exact) mass is 463 g/mol. The summed E-state index contributed by atoms with van der Waals surface area (Å²) < 4.78 is 27.0. The van der Waals surface area contributed by atoms with Crippen molar-refractivity contribution in [3.8, 4) is 0 Å². The van der Waals surface area contributed by atoms with Crippen LogP contribution in [0.25, 0.3) is 6.08 Å². The predicted octanol–water partition coefficient (Wildman–Crippen LogP) is 3.41. The van der Waals surface area contributed by atoms with Gasteiger partial charge >= 0.3 is 0 Å². The van der Waals surface area contributed by atoms with Gasteiger partial charge < -0.3 is 16.0 Å². The summed E-state index contributed by atoms with van der Waals surface area (Å²) in [4.78, 5) is 14.0. The van der Waals surface area contributed by atoms with Gasteiger partial charge in [-0.25, -0.2) is 17.5 Å². The number of carbonyl (C=O) groups excluding carboxylic acids is 1. The molecule has 1 amide bonds. The van der Waals surface area contributed by atoms with E-state index in [-0.39, 0.29) is 10.8 Å². The number of nitrogens with one attached hydrogen (secondary N) is 1. The number of hydrogen-bond donors (Lipinski definition) is 3. The minimum absolute atomic E-state index is 0.114. The molecular weight excluding hydrogens is 442 g/mol. The average Bonchev–Trinajstić information content (AvgIpc) is 3.30. The SMILES string of the molecule is Nc1ccccc1NC(=O)/C=C/c1ccn(S(=O)(=O)c2ccc(N3C=CN(O)C=C3)cc2)c1. The van der Waals surface area contributed by atoms with Gasteiger partial charge in [0.1, 0.15) is 0 Å². The number of aromatic nitrogens is 1. The third kappa shape index (κ3) is 4.97. The number of rotatable bonds is 6. The van der Waals surface area contributed by atoms with Gasteiger partial charge in [-0.2, -0.15) is 0 Å². The first-order valence-electron chi connectivity index (χ1n) is 9.82. The van der Waals surface area contributed by atoms with Gasteiger partial charge in [0.15, 0.2) is 0 Å². The van der Waals surface area contributed by atoms with Crippen molar-refractivity contribution < 1.29 is 18.4 Å². The Hall–Kier alpha value is -4.28. The maximum Gasteiger partial charge on any atom is 0.267 e. The van der Waals surface area contributed by atoms with Crippen LogP contribution in [0.3, 0.4) is 0 Å². The quantitative estimate of drug-likeness (QED) is 0.378. The van der Waals surface area contributed by atoms with Crippen molar-refractivity contribution in [2.24, 2.45) is 0 Å². The van der Waals surface area contributed by atoms with E-state index in [9.17, 15) is 18.4 Å². The first-order valence-corrected chi connectivity index (χ1v) is 11.3. The van der Waals surface area contributed by atoms with Crippen molar-refractivity contribution in [3.63, 3.8) is 0 Å². The number of hydrogen-bond acceptors (Lipinski definition) is 7. The number of para-hydroxylation sites is 2. The van der Waals surface area contributed by atoms with E-state index in [1.165, 1.54) is 49.1 Å². The number of nitrogens with zero attached hydrogens (tertiary/aromatic N) is 3. The van der Waals surface area contributed by atoms with Gasteiger partial charge in [0.2, 0.25) is 5.91 Å². The van der Waals surface area contributed by atoms with Crippen LogP contribution in [0.2, 0.25) is 0 Å². The van der Waals surface area contributed by atoms with E-state index in [4.69, 9.17) is 5.73 Å². The molecular formula is C23H21N5O4S. The smallest absolute Gasteiger partial charge is 0.267 e. The number of hydroxylamine groups is 2. The van der Waals surface area contributed by atoms with Crippen molar-refractivity contribution in [3.05, 3.63) is 103 Å². The summed E-state index contributed by atoms with van der Waals surface area (Å²) in [6.07, 6.45) is 11.8. The van der Waals surface area contributed by atoms with Crippen LogP contribution in [0.4, 0.5) is 17.1 Å². The van der Waals surface area contributed by atoms with Crippen molar-refractivity contribution in [2.75, 3.05) is 16.0 Å². The van der Waals surface area contributed by atoms with E-state index in [1.54, 1.807) is 59.8 Å². The number of amides is 1. The molecule has 0 fully saturated rings. The molecule has 3 aromatic rings. The molecule has 4 rings (SSSR count). The topological polar surface area (TPSA) is 121 Å². The molecule has 0 spiro atoms. The number of benzene rings is 2. The molecule has 2 aromatic carbocycles. The second-order valence-corrected chi connectivity index (χ2v) is 8.91. The molecule has 10 heteroatoms. The summed E-state index contributed by atoms with van der Waals surface area (Å²) in [5.41, 5.74) is 8.04. The Labute approximate surface area is 191 Å². The maximum absolute atomic E-state index is 13.0. The summed E-state index contributed by atoms with van der Waals surface area (Å²) in [5.74, 6) is -0.385. The zero-order valence-electron chi connectivity index (χ0n) is 17.3. The van der Waals surface area contributed by atoms with Gasteiger partial charge in [0, 0.05) is 49.0 Å². The third-order valence-corrected chi connectivity index (χ3v) is 6.46. The van der Waals surface area contributed by atoms with Crippen LogP contribution in [0.5, 0.6) is 0 Å². The number of anilines is 3. The fourth-order valence-corrected chi connectivity index (χ4v) is 4.27. The van der Waals surface area contributed by atoms with Gasteiger partial charge in [-0.1, -0.05) is 12.1 Å². The van der Waals surface area contributed by atoms with Crippen LogP contribution < -0.4 is 16.0 Å². The first kappa shape index (κ1) is 21.9. The Morgan fingerprint density at radius 2 is 1.67 bits per heavy atom. The van der Waals surface area contributed by atoms with Gasteiger partial charge in [0.25, 0.3) is 10.0 Å². The zero-order valence-corrected chi connectivity index (χ0v) is 18.1. The molecule has 1 aliphatic heterocycles. The van der Waals surface area contributed by atoms with Crippen molar-refractivity contribution in [1.29, 1.82) is 0 Å². The van der Waals surface area contributed by atoms with Crippen LogP contribution in [0.1, 0.15) is 5.56 Å². The lowest BCUT2D eigenvalue weighted by Crippen LogP contribution is -2.16. The summed E-state index contributed by atoms with van der Waals surface area (Å²) in [6, 6.07) is 14.8.